The van der Waals surface area contributed by atoms with Gasteiger partial charge in [-0.15, -0.1) is 0 Å². The molecule has 0 aliphatic heterocycles. The summed E-state index contributed by atoms with van der Waals surface area (Å²) < 4.78 is 15.1. The second-order valence-electron chi connectivity index (χ2n) is 4.84. The van der Waals surface area contributed by atoms with Crippen molar-refractivity contribution < 1.29 is 28.9 Å². The van der Waals surface area contributed by atoms with E-state index < -0.39 is 18.1 Å². The molecule has 0 aliphatic rings. The molecule has 7 nitrogen and oxygen atoms in total. The van der Waals surface area contributed by atoms with E-state index in [1.807, 2.05) is 30.3 Å². The van der Waals surface area contributed by atoms with Gasteiger partial charge >= 0.3 is 12.1 Å². The maximum Gasteiger partial charge on any atom is 0.408 e. The average molecular weight is 325 g/mol. The van der Waals surface area contributed by atoms with Gasteiger partial charge in [0.25, 0.3) is 0 Å². The Kier molecular flexibility index (Phi) is 9.42. The van der Waals surface area contributed by atoms with Crippen LogP contribution in [0.3, 0.4) is 0 Å². The molecule has 1 aromatic rings. The third-order valence-corrected chi connectivity index (χ3v) is 3.02. The van der Waals surface area contributed by atoms with Gasteiger partial charge in [-0.1, -0.05) is 30.3 Å². The van der Waals surface area contributed by atoms with Crippen LogP contribution in [0.4, 0.5) is 4.79 Å². The van der Waals surface area contributed by atoms with Crippen molar-refractivity contribution in [1.82, 2.24) is 5.32 Å². The van der Waals surface area contributed by atoms with Crippen LogP contribution in [-0.4, -0.2) is 50.1 Å². The lowest BCUT2D eigenvalue weighted by Crippen LogP contribution is -2.41. The molecule has 0 spiro atoms. The number of carbonyl (C=O) groups is 2. The van der Waals surface area contributed by atoms with Gasteiger partial charge in [0.1, 0.15) is 12.6 Å². The number of alkyl carbamates (subject to hydrolysis) is 1. The molecule has 23 heavy (non-hydrogen) atoms. The summed E-state index contributed by atoms with van der Waals surface area (Å²) in [4.78, 5) is 22.8. The predicted octanol–water partition coefficient (Wildman–Crippen LogP) is 1.81. The molecule has 128 valence electrons. The largest absolute Gasteiger partial charge is 0.480 e. The van der Waals surface area contributed by atoms with E-state index in [9.17, 15) is 9.59 Å². The van der Waals surface area contributed by atoms with Crippen LogP contribution in [0, 0.1) is 0 Å². The molecule has 1 rings (SSSR count). The molecule has 0 fully saturated rings. The highest BCUT2D eigenvalue weighted by atomic mass is 16.5. The van der Waals surface area contributed by atoms with Gasteiger partial charge in [0.05, 0.1) is 13.2 Å². The van der Waals surface area contributed by atoms with E-state index in [1.165, 1.54) is 0 Å². The Labute approximate surface area is 135 Å². The topological polar surface area (TPSA) is 94.1 Å². The van der Waals surface area contributed by atoms with Gasteiger partial charge in [-0.25, -0.2) is 9.59 Å². The van der Waals surface area contributed by atoms with Crippen molar-refractivity contribution in [2.24, 2.45) is 0 Å². The Morgan fingerprint density at radius 2 is 1.91 bits per heavy atom. The first-order chi connectivity index (χ1) is 11.1. The third-order valence-electron chi connectivity index (χ3n) is 3.02. The van der Waals surface area contributed by atoms with Crippen molar-refractivity contribution in [3.8, 4) is 0 Å². The van der Waals surface area contributed by atoms with Crippen molar-refractivity contribution in [2.45, 2.75) is 25.5 Å². The summed E-state index contributed by atoms with van der Waals surface area (Å²) in [6, 6.07) is 8.17. The lowest BCUT2D eigenvalue weighted by atomic mass is 10.1. The monoisotopic (exact) mass is 325 g/mol. The van der Waals surface area contributed by atoms with Gasteiger partial charge in [0.15, 0.2) is 0 Å². The molecule has 1 amide bonds. The van der Waals surface area contributed by atoms with E-state index in [4.69, 9.17) is 19.3 Å². The zero-order chi connectivity index (χ0) is 16.9. The summed E-state index contributed by atoms with van der Waals surface area (Å²) in [6.07, 6.45) is 0.0316. The number of carboxylic acids is 1. The number of rotatable bonds is 11. The Morgan fingerprint density at radius 3 is 2.57 bits per heavy atom. The summed E-state index contributed by atoms with van der Waals surface area (Å²) in [5, 5.41) is 11.5. The summed E-state index contributed by atoms with van der Waals surface area (Å²) in [5.41, 5.74) is 0.834. The van der Waals surface area contributed by atoms with Crippen LogP contribution >= 0.6 is 0 Å². The zero-order valence-corrected chi connectivity index (χ0v) is 13.2. The number of aliphatic carboxylic acids is 1. The molecular formula is C16H23NO6. The van der Waals surface area contributed by atoms with Crippen molar-refractivity contribution in [3.05, 3.63) is 35.9 Å². The minimum absolute atomic E-state index is 0.0964. The number of amides is 1. The fraction of sp³-hybridized carbons (Fsp3) is 0.500. The van der Waals surface area contributed by atoms with Crippen LogP contribution in [0.5, 0.6) is 0 Å². The second-order valence-corrected chi connectivity index (χ2v) is 4.84. The van der Waals surface area contributed by atoms with Crippen molar-refractivity contribution in [3.63, 3.8) is 0 Å². The highest BCUT2D eigenvalue weighted by molar-refractivity contribution is 5.79. The Morgan fingerprint density at radius 1 is 1.17 bits per heavy atom. The average Bonchev–Trinajstić information content (AvgIpc) is 2.55. The van der Waals surface area contributed by atoms with Crippen molar-refractivity contribution in [2.75, 3.05) is 26.9 Å². The van der Waals surface area contributed by atoms with Crippen LogP contribution in [0.2, 0.25) is 0 Å². The van der Waals surface area contributed by atoms with Gasteiger partial charge in [-0.3, -0.25) is 0 Å². The number of benzene rings is 1. The van der Waals surface area contributed by atoms with Crippen LogP contribution < -0.4 is 5.32 Å². The maximum absolute atomic E-state index is 11.7. The van der Waals surface area contributed by atoms with E-state index in [-0.39, 0.29) is 13.0 Å². The molecule has 0 saturated carbocycles. The molecule has 0 aliphatic carbocycles. The number of nitrogens with one attached hydrogen (secondary N) is 1. The van der Waals surface area contributed by atoms with E-state index in [0.29, 0.717) is 26.2 Å². The summed E-state index contributed by atoms with van der Waals surface area (Å²) >= 11 is 0. The second kappa shape index (κ2) is 11.4. The molecule has 2 N–H and O–H groups in total. The van der Waals surface area contributed by atoms with E-state index in [0.717, 1.165) is 5.56 Å². The first kappa shape index (κ1) is 18.9. The normalized spacial score (nSPS) is 11.7. The molecular weight excluding hydrogens is 302 g/mol. The number of hydrogen-bond donors (Lipinski definition) is 2. The van der Waals surface area contributed by atoms with Gasteiger partial charge in [-0.05, 0) is 18.4 Å². The van der Waals surface area contributed by atoms with Crippen LogP contribution in [-0.2, 0) is 25.6 Å². The highest BCUT2D eigenvalue weighted by Gasteiger charge is 2.20. The smallest absolute Gasteiger partial charge is 0.408 e. The fourth-order valence-electron chi connectivity index (χ4n) is 1.80. The molecule has 0 aromatic heterocycles. The van der Waals surface area contributed by atoms with Gasteiger partial charge in [0, 0.05) is 13.7 Å². The molecule has 0 radical (unpaired) electrons. The van der Waals surface area contributed by atoms with Gasteiger partial charge < -0.3 is 24.6 Å². The van der Waals surface area contributed by atoms with Crippen molar-refractivity contribution in [1.29, 1.82) is 0 Å². The zero-order valence-electron chi connectivity index (χ0n) is 13.2. The molecule has 1 unspecified atom stereocenters. The van der Waals surface area contributed by atoms with Gasteiger partial charge in [-0.2, -0.15) is 0 Å². The Balaban J connectivity index is 2.25. The minimum atomic E-state index is -1.10. The molecule has 0 bridgehead atoms. The first-order valence-electron chi connectivity index (χ1n) is 7.40. The van der Waals surface area contributed by atoms with Crippen LogP contribution in [0.25, 0.3) is 0 Å². The third kappa shape index (κ3) is 8.80. The lowest BCUT2D eigenvalue weighted by molar-refractivity contribution is -0.139. The summed E-state index contributed by atoms with van der Waals surface area (Å²) in [6.45, 7) is 1.46. The summed E-state index contributed by atoms with van der Waals surface area (Å²) in [7, 11) is 1.58. The maximum atomic E-state index is 11.7. The number of carbonyl (C=O) groups excluding carboxylic acids is 1. The molecule has 1 aromatic carbocycles. The number of carboxylic acid groups (broad SMARTS) is 1. The minimum Gasteiger partial charge on any atom is -0.480 e. The summed E-state index contributed by atoms with van der Waals surface area (Å²) in [5.74, 6) is -1.10. The number of methoxy groups -OCH3 is 1. The van der Waals surface area contributed by atoms with Crippen molar-refractivity contribution >= 4 is 12.1 Å². The van der Waals surface area contributed by atoms with E-state index in [2.05, 4.69) is 5.32 Å². The fourth-order valence-corrected chi connectivity index (χ4v) is 1.80. The first-order valence-corrected chi connectivity index (χ1v) is 7.40. The quantitative estimate of drug-likeness (QED) is 0.603. The Bertz CT molecular complexity index is 465. The van der Waals surface area contributed by atoms with Gasteiger partial charge in [0.2, 0.25) is 0 Å². The Hall–Kier alpha value is -2.12. The van der Waals surface area contributed by atoms with Crippen LogP contribution in [0.15, 0.2) is 30.3 Å². The molecule has 0 heterocycles. The SMILES string of the molecule is COCCOCCCC(NC(=O)OCc1ccccc1)C(=O)O. The van der Waals surface area contributed by atoms with Crippen LogP contribution in [0.1, 0.15) is 18.4 Å². The predicted molar refractivity (Wildman–Crippen MR) is 83.1 cm³/mol. The van der Waals surface area contributed by atoms with E-state index >= 15 is 0 Å². The van der Waals surface area contributed by atoms with E-state index in [1.54, 1.807) is 7.11 Å². The standard InChI is InChI=1S/C16H23NO6/c1-21-10-11-22-9-5-8-14(15(18)19)17-16(20)23-12-13-6-3-2-4-7-13/h2-4,6-7,14H,5,8-12H2,1H3,(H,17,20)(H,18,19). The molecule has 7 heteroatoms. The lowest BCUT2D eigenvalue weighted by Gasteiger charge is -2.14. The highest BCUT2D eigenvalue weighted by Crippen LogP contribution is 2.03. The number of hydrogen-bond acceptors (Lipinski definition) is 5. The molecule has 0 saturated heterocycles. The molecule has 1 atom stereocenters. The number of ether oxygens (including phenoxy) is 3.